The minimum Gasteiger partial charge on any atom is -0.340 e. The minimum atomic E-state index is 0.511. The van der Waals surface area contributed by atoms with E-state index < -0.39 is 0 Å². The molecule has 0 saturated carbocycles. The third-order valence-corrected chi connectivity index (χ3v) is 7.28. The van der Waals surface area contributed by atoms with Gasteiger partial charge in [-0.25, -0.2) is 9.97 Å². The maximum absolute atomic E-state index is 5.00. The second kappa shape index (κ2) is 10.1. The second-order valence-corrected chi connectivity index (χ2v) is 10.4. The molecule has 0 atom stereocenters. The average Bonchev–Trinajstić information content (AvgIpc) is 2.85. The number of hydrogen-bond donors (Lipinski definition) is 1. The van der Waals surface area contributed by atoms with E-state index in [4.69, 9.17) is 9.97 Å². The number of aromatic nitrogens is 3. The van der Waals surface area contributed by atoms with Crippen LogP contribution in [0.1, 0.15) is 36.7 Å². The van der Waals surface area contributed by atoms with Crippen LogP contribution in [0.3, 0.4) is 0 Å². The van der Waals surface area contributed by atoms with Crippen molar-refractivity contribution in [3.8, 4) is 11.3 Å². The van der Waals surface area contributed by atoms with E-state index in [0.717, 1.165) is 64.7 Å². The lowest BCUT2D eigenvalue weighted by Crippen LogP contribution is -2.32. The fourth-order valence-electron chi connectivity index (χ4n) is 4.33. The first-order chi connectivity index (χ1) is 16.6. The van der Waals surface area contributed by atoms with Crippen LogP contribution in [0.4, 0.5) is 11.5 Å². The molecule has 4 aromatic rings. The van der Waals surface area contributed by atoms with Crippen molar-refractivity contribution in [1.82, 2.24) is 19.9 Å². The number of rotatable bonds is 6. The van der Waals surface area contributed by atoms with Crippen LogP contribution in [0, 0.1) is 6.92 Å². The van der Waals surface area contributed by atoms with E-state index in [9.17, 15) is 0 Å². The number of aryl methyl sites for hydroxylation is 1. The highest BCUT2D eigenvalue weighted by atomic mass is 32.2. The third kappa shape index (κ3) is 5.08. The first kappa shape index (κ1) is 22.8. The van der Waals surface area contributed by atoms with Gasteiger partial charge in [0, 0.05) is 47.4 Å². The fourth-order valence-corrected chi connectivity index (χ4v) is 5.30. The van der Waals surface area contributed by atoms with E-state index in [0.29, 0.717) is 5.92 Å². The number of thioether (sulfide) groups is 1. The van der Waals surface area contributed by atoms with E-state index in [-0.39, 0.29) is 0 Å². The molecule has 1 saturated heterocycles. The molecule has 0 aliphatic carbocycles. The van der Waals surface area contributed by atoms with Gasteiger partial charge in [-0.15, -0.1) is 0 Å². The summed E-state index contributed by atoms with van der Waals surface area (Å²) in [6.07, 6.45) is 1.85. The monoisotopic (exact) mass is 469 g/mol. The first-order valence-corrected chi connectivity index (χ1v) is 13.1. The molecule has 0 spiro atoms. The first-order valence-electron chi connectivity index (χ1n) is 12.0. The zero-order valence-electron chi connectivity index (χ0n) is 20.1. The van der Waals surface area contributed by atoms with Gasteiger partial charge in [0.05, 0.1) is 17.8 Å². The summed E-state index contributed by atoms with van der Waals surface area (Å²) < 4.78 is 0. The van der Waals surface area contributed by atoms with E-state index in [1.54, 1.807) is 0 Å². The number of pyridine rings is 1. The van der Waals surface area contributed by atoms with Gasteiger partial charge in [-0.05, 0) is 54.3 Å². The third-order valence-electron chi connectivity index (χ3n) is 6.33. The topological polar surface area (TPSA) is 53.9 Å². The Bertz CT molecular complexity index is 1280. The quantitative estimate of drug-likeness (QED) is 0.352. The van der Waals surface area contributed by atoms with Gasteiger partial charge in [-0.2, -0.15) is 11.8 Å². The number of fused-ring (bicyclic) bond motifs is 1. The van der Waals surface area contributed by atoms with Gasteiger partial charge in [0.25, 0.3) is 0 Å². The van der Waals surface area contributed by atoms with Crippen molar-refractivity contribution in [3.05, 3.63) is 77.7 Å². The lowest BCUT2D eigenvalue weighted by molar-refractivity contribution is 0.287. The van der Waals surface area contributed by atoms with Gasteiger partial charge in [-0.3, -0.25) is 9.88 Å². The molecule has 5 rings (SSSR count). The maximum Gasteiger partial charge on any atom is 0.145 e. The number of benzene rings is 2. The number of anilines is 2. The lowest BCUT2D eigenvalue weighted by Gasteiger charge is -2.25. The molecule has 34 heavy (non-hydrogen) atoms. The van der Waals surface area contributed by atoms with Crippen LogP contribution >= 0.6 is 11.8 Å². The Kier molecular flexibility index (Phi) is 6.79. The Balaban J connectivity index is 1.54. The number of nitrogens with one attached hydrogen (secondary N) is 1. The predicted molar refractivity (Wildman–Crippen MR) is 144 cm³/mol. The van der Waals surface area contributed by atoms with Crippen LogP contribution in [-0.4, -0.2) is 44.4 Å². The van der Waals surface area contributed by atoms with Gasteiger partial charge in [0.2, 0.25) is 0 Å². The summed E-state index contributed by atoms with van der Waals surface area (Å²) in [7, 11) is 0. The standard InChI is InChI=1S/C28H31N5S/c1-19(2)21-6-9-23(10-7-21)30-28-24-11-8-22(27-20(3)5-4-12-29-27)17-25(24)31-26(32-28)18-33-13-15-34-16-14-33/h4-12,17,19H,13-16,18H2,1-3H3,(H,30,31,32). The SMILES string of the molecule is Cc1cccnc1-c1ccc2c(Nc3ccc(C(C)C)cc3)nc(CN3CCSCC3)nc2c1. The Hall–Kier alpha value is -2.96. The van der Waals surface area contributed by atoms with Crippen molar-refractivity contribution >= 4 is 34.2 Å². The van der Waals surface area contributed by atoms with Crippen molar-refractivity contribution in [3.63, 3.8) is 0 Å². The van der Waals surface area contributed by atoms with Crippen LogP contribution in [0.15, 0.2) is 60.8 Å². The summed E-state index contributed by atoms with van der Waals surface area (Å²) in [6, 6.07) is 19.1. The molecule has 5 nitrogen and oxygen atoms in total. The second-order valence-electron chi connectivity index (χ2n) is 9.18. The summed E-state index contributed by atoms with van der Waals surface area (Å²) in [5, 5.41) is 4.59. The molecular weight excluding hydrogens is 438 g/mol. The molecule has 0 radical (unpaired) electrons. The van der Waals surface area contributed by atoms with Crippen LogP contribution < -0.4 is 5.32 Å². The van der Waals surface area contributed by atoms with Crippen molar-refractivity contribution in [2.75, 3.05) is 29.9 Å². The van der Waals surface area contributed by atoms with Crippen LogP contribution in [0.2, 0.25) is 0 Å². The summed E-state index contributed by atoms with van der Waals surface area (Å²) in [5.74, 6) is 4.56. The highest BCUT2D eigenvalue weighted by Crippen LogP contribution is 2.30. The summed E-state index contributed by atoms with van der Waals surface area (Å²) in [4.78, 5) is 17.0. The smallest absolute Gasteiger partial charge is 0.145 e. The van der Waals surface area contributed by atoms with Gasteiger partial charge >= 0.3 is 0 Å². The molecule has 1 fully saturated rings. The largest absolute Gasteiger partial charge is 0.340 e. The molecule has 1 aliphatic rings. The molecule has 2 aromatic heterocycles. The predicted octanol–water partition coefficient (Wildman–Crippen LogP) is 6.42. The van der Waals surface area contributed by atoms with E-state index in [1.807, 2.05) is 24.0 Å². The Morgan fingerprint density at radius 3 is 2.53 bits per heavy atom. The van der Waals surface area contributed by atoms with Gasteiger partial charge in [-0.1, -0.05) is 38.1 Å². The zero-order chi connectivity index (χ0) is 23.5. The fraction of sp³-hybridized carbons (Fsp3) is 0.321. The highest BCUT2D eigenvalue weighted by molar-refractivity contribution is 7.99. The molecule has 174 valence electrons. The normalized spacial score (nSPS) is 14.6. The molecule has 3 heterocycles. The van der Waals surface area contributed by atoms with E-state index in [1.165, 1.54) is 17.1 Å². The highest BCUT2D eigenvalue weighted by Gasteiger charge is 2.16. The molecule has 2 aromatic carbocycles. The number of nitrogens with zero attached hydrogens (tertiary/aromatic N) is 4. The molecule has 6 heteroatoms. The van der Waals surface area contributed by atoms with Gasteiger partial charge in [0.15, 0.2) is 0 Å². The Morgan fingerprint density at radius 2 is 1.79 bits per heavy atom. The summed E-state index contributed by atoms with van der Waals surface area (Å²) in [6.45, 7) is 9.46. The van der Waals surface area contributed by atoms with Crippen LogP contribution in [0.25, 0.3) is 22.2 Å². The van der Waals surface area contributed by atoms with E-state index >= 15 is 0 Å². The minimum absolute atomic E-state index is 0.511. The Labute approximate surface area is 206 Å². The summed E-state index contributed by atoms with van der Waals surface area (Å²) >= 11 is 2.02. The molecule has 0 bridgehead atoms. The molecule has 1 aliphatic heterocycles. The van der Waals surface area contributed by atoms with E-state index in [2.05, 4.69) is 84.5 Å². The molecule has 0 amide bonds. The van der Waals surface area contributed by atoms with Crippen molar-refractivity contribution in [1.29, 1.82) is 0 Å². The molecule has 0 unspecified atom stereocenters. The maximum atomic E-state index is 5.00. The van der Waals surface area contributed by atoms with Gasteiger partial charge in [0.1, 0.15) is 11.6 Å². The lowest BCUT2D eigenvalue weighted by atomic mass is 10.0. The summed E-state index contributed by atoms with van der Waals surface area (Å²) in [5.41, 5.74) is 6.55. The van der Waals surface area contributed by atoms with Crippen molar-refractivity contribution in [2.45, 2.75) is 33.2 Å². The van der Waals surface area contributed by atoms with Gasteiger partial charge < -0.3 is 5.32 Å². The molecule has 1 N–H and O–H groups in total. The average molecular weight is 470 g/mol. The zero-order valence-corrected chi connectivity index (χ0v) is 20.9. The van der Waals surface area contributed by atoms with Crippen LogP contribution in [-0.2, 0) is 6.54 Å². The molecular formula is C28H31N5S. The van der Waals surface area contributed by atoms with Crippen LogP contribution in [0.5, 0.6) is 0 Å². The Morgan fingerprint density at radius 1 is 1.00 bits per heavy atom. The van der Waals surface area contributed by atoms with Crippen molar-refractivity contribution < 1.29 is 0 Å². The van der Waals surface area contributed by atoms with Crippen molar-refractivity contribution in [2.24, 2.45) is 0 Å². The number of hydrogen-bond acceptors (Lipinski definition) is 6.